The fourth-order valence-corrected chi connectivity index (χ4v) is 0.910. The van der Waals surface area contributed by atoms with Crippen molar-refractivity contribution in [3.8, 4) is 0 Å². The number of aliphatic hydroxyl groups is 2. The summed E-state index contributed by atoms with van der Waals surface area (Å²) in [4.78, 5) is 10.6. The van der Waals surface area contributed by atoms with E-state index < -0.39 is 12.1 Å². The fourth-order valence-electron chi connectivity index (χ4n) is 0.910. The molecule has 0 saturated heterocycles. The van der Waals surface area contributed by atoms with E-state index in [-0.39, 0.29) is 12.5 Å². The van der Waals surface area contributed by atoms with Crippen LogP contribution >= 0.6 is 0 Å². The van der Waals surface area contributed by atoms with Gasteiger partial charge < -0.3 is 15.5 Å². The number of carbonyl (C=O) groups is 1. The molecule has 0 rings (SSSR count). The summed E-state index contributed by atoms with van der Waals surface area (Å²) in [6.07, 6.45) is 3.34. The first-order valence-electron chi connectivity index (χ1n) is 4.34. The number of amides is 1. The molecule has 0 aliphatic heterocycles. The van der Waals surface area contributed by atoms with Crippen molar-refractivity contribution in [1.29, 1.82) is 0 Å². The van der Waals surface area contributed by atoms with E-state index in [0.717, 1.165) is 6.42 Å². The van der Waals surface area contributed by atoms with Crippen LogP contribution in [-0.4, -0.2) is 34.9 Å². The van der Waals surface area contributed by atoms with E-state index in [1.54, 1.807) is 12.2 Å². The van der Waals surface area contributed by atoms with Crippen molar-refractivity contribution in [2.75, 3.05) is 6.61 Å². The highest BCUT2D eigenvalue weighted by atomic mass is 16.3. The predicted octanol–water partition coefficient (Wildman–Crippen LogP) is -0.190. The van der Waals surface area contributed by atoms with Gasteiger partial charge in [0.15, 0.2) is 0 Å². The summed E-state index contributed by atoms with van der Waals surface area (Å²) in [5.41, 5.74) is 0. The van der Waals surface area contributed by atoms with Crippen LogP contribution < -0.4 is 5.32 Å². The molecule has 13 heavy (non-hydrogen) atoms. The van der Waals surface area contributed by atoms with Crippen LogP contribution in [0.2, 0.25) is 0 Å². The predicted molar refractivity (Wildman–Crippen MR) is 50.1 cm³/mol. The highest BCUT2D eigenvalue weighted by Gasteiger charge is 2.15. The molecule has 0 radical (unpaired) electrons. The first kappa shape index (κ1) is 12.1. The number of nitrogens with one attached hydrogen (secondary N) is 1. The van der Waals surface area contributed by atoms with Gasteiger partial charge in [-0.2, -0.15) is 0 Å². The Morgan fingerprint density at radius 3 is 2.62 bits per heavy atom. The van der Waals surface area contributed by atoms with Crippen molar-refractivity contribution < 1.29 is 15.0 Å². The van der Waals surface area contributed by atoms with Crippen LogP contribution in [0.15, 0.2) is 12.2 Å². The Morgan fingerprint density at radius 2 is 2.23 bits per heavy atom. The van der Waals surface area contributed by atoms with E-state index in [1.165, 1.54) is 6.92 Å². The van der Waals surface area contributed by atoms with Crippen LogP contribution in [0.25, 0.3) is 0 Å². The van der Waals surface area contributed by atoms with Crippen LogP contribution in [0, 0.1) is 0 Å². The summed E-state index contributed by atoms with van der Waals surface area (Å²) >= 11 is 0. The highest BCUT2D eigenvalue weighted by molar-refractivity contribution is 5.73. The summed E-state index contributed by atoms with van der Waals surface area (Å²) < 4.78 is 0. The Hall–Kier alpha value is -0.870. The molecule has 0 fully saturated rings. The third kappa shape index (κ3) is 5.38. The summed E-state index contributed by atoms with van der Waals surface area (Å²) in [7, 11) is 0. The minimum absolute atomic E-state index is 0.261. The Kier molecular flexibility index (Phi) is 6.18. The molecule has 0 spiro atoms. The summed E-state index contributed by atoms with van der Waals surface area (Å²) in [5.74, 6) is -0.261. The molecule has 4 heteroatoms. The summed E-state index contributed by atoms with van der Waals surface area (Å²) in [6, 6.07) is -0.611. The molecule has 0 aliphatic carbocycles. The van der Waals surface area contributed by atoms with Crippen molar-refractivity contribution in [3.63, 3.8) is 0 Å². The molecular formula is C9H17NO3. The van der Waals surface area contributed by atoms with E-state index in [9.17, 15) is 9.90 Å². The summed E-state index contributed by atoms with van der Waals surface area (Å²) in [6.45, 7) is 3.02. The second kappa shape index (κ2) is 6.62. The maximum Gasteiger partial charge on any atom is 0.217 e. The highest BCUT2D eigenvalue weighted by Crippen LogP contribution is 1.96. The van der Waals surface area contributed by atoms with Gasteiger partial charge in [-0.05, 0) is 6.42 Å². The molecule has 3 N–H and O–H groups in total. The molecular weight excluding hydrogens is 170 g/mol. The summed E-state index contributed by atoms with van der Waals surface area (Å²) in [5, 5.41) is 20.7. The number of hydrogen-bond acceptors (Lipinski definition) is 3. The Labute approximate surface area is 78.3 Å². The van der Waals surface area contributed by atoms with Crippen molar-refractivity contribution >= 4 is 5.91 Å². The van der Waals surface area contributed by atoms with Crippen molar-refractivity contribution in [3.05, 3.63) is 12.2 Å². The number of hydrogen-bond donors (Lipinski definition) is 3. The molecule has 4 nitrogen and oxygen atoms in total. The largest absolute Gasteiger partial charge is 0.394 e. The normalized spacial score (nSPS) is 15.7. The Bertz CT molecular complexity index is 180. The quantitative estimate of drug-likeness (QED) is 0.522. The molecule has 2 atom stereocenters. The van der Waals surface area contributed by atoms with Crippen molar-refractivity contribution in [2.24, 2.45) is 0 Å². The van der Waals surface area contributed by atoms with Crippen LogP contribution in [0.1, 0.15) is 20.3 Å². The molecule has 1 amide bonds. The van der Waals surface area contributed by atoms with Gasteiger partial charge in [-0.15, -0.1) is 0 Å². The van der Waals surface area contributed by atoms with Gasteiger partial charge in [0.05, 0.1) is 18.8 Å². The molecule has 0 aliphatic rings. The third-order valence-electron chi connectivity index (χ3n) is 1.57. The molecule has 0 saturated carbocycles. The number of rotatable bonds is 5. The zero-order valence-corrected chi connectivity index (χ0v) is 8.03. The topological polar surface area (TPSA) is 69.6 Å². The van der Waals surface area contributed by atoms with Gasteiger partial charge in [-0.1, -0.05) is 19.1 Å². The van der Waals surface area contributed by atoms with E-state index in [4.69, 9.17) is 5.11 Å². The van der Waals surface area contributed by atoms with Crippen molar-refractivity contribution in [1.82, 2.24) is 5.32 Å². The molecule has 0 heterocycles. The Balaban J connectivity index is 4.06. The molecule has 0 aromatic rings. The van der Waals surface area contributed by atoms with E-state index >= 15 is 0 Å². The average Bonchev–Trinajstić information content (AvgIpc) is 2.09. The number of allylic oxidation sites excluding steroid dienone is 1. The second-order valence-electron chi connectivity index (χ2n) is 2.82. The smallest absolute Gasteiger partial charge is 0.217 e. The first-order valence-corrected chi connectivity index (χ1v) is 4.34. The van der Waals surface area contributed by atoms with Crippen LogP contribution in [0.3, 0.4) is 0 Å². The number of aliphatic hydroxyl groups excluding tert-OH is 2. The minimum Gasteiger partial charge on any atom is -0.394 e. The van der Waals surface area contributed by atoms with Gasteiger partial charge >= 0.3 is 0 Å². The second-order valence-corrected chi connectivity index (χ2v) is 2.82. The molecule has 0 unspecified atom stereocenters. The first-order chi connectivity index (χ1) is 6.11. The van der Waals surface area contributed by atoms with Crippen molar-refractivity contribution in [2.45, 2.75) is 32.4 Å². The zero-order chi connectivity index (χ0) is 10.3. The lowest BCUT2D eigenvalue weighted by Gasteiger charge is -2.18. The van der Waals surface area contributed by atoms with Gasteiger partial charge in [0.2, 0.25) is 5.91 Å². The van der Waals surface area contributed by atoms with Crippen LogP contribution in [-0.2, 0) is 4.79 Å². The molecule has 0 aromatic carbocycles. The molecule has 0 bridgehead atoms. The lowest BCUT2D eigenvalue weighted by Crippen LogP contribution is -2.44. The van der Waals surface area contributed by atoms with Gasteiger partial charge in [0, 0.05) is 6.92 Å². The van der Waals surface area contributed by atoms with E-state index in [0.29, 0.717) is 0 Å². The fraction of sp³-hybridized carbons (Fsp3) is 0.667. The maximum absolute atomic E-state index is 10.6. The van der Waals surface area contributed by atoms with Gasteiger partial charge in [-0.3, -0.25) is 4.79 Å². The average molecular weight is 187 g/mol. The monoisotopic (exact) mass is 187 g/mol. The van der Waals surface area contributed by atoms with Crippen LogP contribution in [0.4, 0.5) is 0 Å². The van der Waals surface area contributed by atoms with Gasteiger partial charge in [-0.25, -0.2) is 0 Å². The minimum atomic E-state index is -0.825. The van der Waals surface area contributed by atoms with Gasteiger partial charge in [0.1, 0.15) is 0 Å². The van der Waals surface area contributed by atoms with E-state index in [1.807, 2.05) is 6.92 Å². The molecule has 76 valence electrons. The lowest BCUT2D eigenvalue weighted by molar-refractivity contribution is -0.120. The standard InChI is InChI=1S/C9H17NO3/c1-3-4-5-9(13)8(6-11)10-7(2)12/h4-5,8-9,11,13H,3,6H2,1-2H3,(H,10,12)/b5-4+/t8-,9+/m0/s1. The van der Waals surface area contributed by atoms with Crippen LogP contribution in [0.5, 0.6) is 0 Å². The van der Waals surface area contributed by atoms with E-state index in [2.05, 4.69) is 5.32 Å². The third-order valence-corrected chi connectivity index (χ3v) is 1.57. The zero-order valence-electron chi connectivity index (χ0n) is 8.03. The number of carbonyl (C=O) groups excluding carboxylic acids is 1. The maximum atomic E-state index is 10.6. The Morgan fingerprint density at radius 1 is 1.62 bits per heavy atom. The lowest BCUT2D eigenvalue weighted by atomic mass is 10.1. The SMILES string of the molecule is CC/C=C/[C@@H](O)[C@H](CO)NC(C)=O. The molecule has 0 aromatic heterocycles. The van der Waals surface area contributed by atoms with Gasteiger partial charge in [0.25, 0.3) is 0 Å².